The third-order valence-corrected chi connectivity index (χ3v) is 6.14. The average molecular weight is 425 g/mol. The van der Waals surface area contributed by atoms with Gasteiger partial charge in [0.05, 0.1) is 20.5 Å². The Bertz CT molecular complexity index is 1090. The first-order valence-electron chi connectivity index (χ1n) is 7.65. The normalized spacial score (nSPS) is 11.2. The van der Waals surface area contributed by atoms with Crippen LogP contribution in [-0.4, -0.2) is 19.5 Å². The summed E-state index contributed by atoms with van der Waals surface area (Å²) in [7, 11) is 0. The summed E-state index contributed by atoms with van der Waals surface area (Å²) in [6, 6.07) is 5.51. The van der Waals surface area contributed by atoms with Crippen LogP contribution in [0.25, 0.3) is 16.2 Å². The molecule has 0 fully saturated rings. The van der Waals surface area contributed by atoms with Gasteiger partial charge in [0, 0.05) is 23.8 Å². The second-order valence-electron chi connectivity index (χ2n) is 5.60. The van der Waals surface area contributed by atoms with Crippen LogP contribution in [0.1, 0.15) is 10.4 Å². The fourth-order valence-corrected chi connectivity index (χ4v) is 4.10. The van der Waals surface area contributed by atoms with Crippen molar-refractivity contribution in [3.63, 3.8) is 0 Å². The van der Waals surface area contributed by atoms with Crippen molar-refractivity contribution >= 4 is 62.2 Å². The van der Waals surface area contributed by atoms with Crippen LogP contribution in [0.3, 0.4) is 0 Å². The molecule has 0 saturated heterocycles. The van der Waals surface area contributed by atoms with E-state index in [-0.39, 0.29) is 0 Å². The lowest BCUT2D eigenvalue weighted by Gasteiger charge is -2.10. The van der Waals surface area contributed by atoms with Crippen LogP contribution in [0.15, 0.2) is 36.9 Å². The zero-order valence-electron chi connectivity index (χ0n) is 13.5. The van der Waals surface area contributed by atoms with E-state index in [1.165, 1.54) is 11.3 Å². The van der Waals surface area contributed by atoms with Crippen LogP contribution in [0, 0.1) is 6.92 Å². The maximum Gasteiger partial charge on any atom is 0.238 e. The van der Waals surface area contributed by atoms with E-state index < -0.39 is 0 Å². The summed E-state index contributed by atoms with van der Waals surface area (Å²) in [5.41, 5.74) is 0.985. The topological polar surface area (TPSA) is 55.6 Å². The molecule has 3 heterocycles. The van der Waals surface area contributed by atoms with Crippen LogP contribution in [0.2, 0.25) is 15.1 Å². The zero-order chi connectivity index (χ0) is 18.3. The van der Waals surface area contributed by atoms with Gasteiger partial charge in [-0.2, -0.15) is 4.98 Å². The quantitative estimate of drug-likeness (QED) is 0.452. The number of anilines is 1. The predicted molar refractivity (Wildman–Crippen MR) is 108 cm³/mol. The molecule has 9 heteroatoms. The maximum atomic E-state index is 6.48. The van der Waals surface area contributed by atoms with Crippen LogP contribution in [-0.2, 0) is 6.54 Å². The lowest BCUT2D eigenvalue weighted by molar-refractivity contribution is 0.939. The molecule has 0 spiro atoms. The molecule has 1 aromatic carbocycles. The van der Waals surface area contributed by atoms with Crippen molar-refractivity contribution in [1.82, 2.24) is 19.5 Å². The minimum Gasteiger partial charge on any atom is -0.365 e. The first-order chi connectivity index (χ1) is 12.5. The molecule has 0 bridgehead atoms. The summed E-state index contributed by atoms with van der Waals surface area (Å²) in [4.78, 5) is 15.1. The smallest absolute Gasteiger partial charge is 0.238 e. The molecule has 0 aliphatic rings. The molecule has 0 atom stereocenters. The van der Waals surface area contributed by atoms with Crippen LogP contribution >= 0.6 is 46.1 Å². The number of nitrogens with zero attached hydrogens (tertiary/aromatic N) is 4. The van der Waals surface area contributed by atoms with Gasteiger partial charge in [-0.25, -0.2) is 9.97 Å². The number of rotatable bonds is 4. The molecule has 4 aromatic rings. The van der Waals surface area contributed by atoms with Gasteiger partial charge in [0.25, 0.3) is 0 Å². The predicted octanol–water partition coefficient (Wildman–Crippen LogP) is 5.76. The lowest BCUT2D eigenvalue weighted by Crippen LogP contribution is -2.06. The van der Waals surface area contributed by atoms with Gasteiger partial charge >= 0.3 is 0 Å². The molecule has 4 rings (SSSR count). The van der Waals surface area contributed by atoms with E-state index in [2.05, 4.69) is 20.3 Å². The summed E-state index contributed by atoms with van der Waals surface area (Å²) in [6.07, 6.45) is 5.14. The molecule has 0 radical (unpaired) electrons. The molecule has 5 nitrogen and oxygen atoms in total. The van der Waals surface area contributed by atoms with E-state index in [1.54, 1.807) is 29.4 Å². The van der Waals surface area contributed by atoms with E-state index >= 15 is 0 Å². The Labute approximate surface area is 168 Å². The molecular formula is C17H12Cl3N5S. The highest BCUT2D eigenvalue weighted by Crippen LogP contribution is 2.38. The minimum atomic E-state index is 0.516. The first-order valence-corrected chi connectivity index (χ1v) is 9.60. The molecule has 0 amide bonds. The number of nitrogens with one attached hydrogen (secondary N) is 1. The van der Waals surface area contributed by atoms with Crippen molar-refractivity contribution in [2.45, 2.75) is 13.5 Å². The highest BCUT2D eigenvalue weighted by atomic mass is 35.5. The molecule has 0 aliphatic carbocycles. The number of hydrogen-bond acceptors (Lipinski definition) is 5. The molecule has 3 aromatic heterocycles. The molecule has 1 N–H and O–H groups in total. The van der Waals surface area contributed by atoms with Crippen molar-refractivity contribution in [3.8, 4) is 5.95 Å². The largest absolute Gasteiger partial charge is 0.365 e. The number of fused-ring (bicyclic) bond motifs is 1. The van der Waals surface area contributed by atoms with Crippen molar-refractivity contribution in [3.05, 3.63) is 62.4 Å². The number of imidazole rings is 1. The van der Waals surface area contributed by atoms with E-state index in [1.807, 2.05) is 19.1 Å². The standard InChI is InChI=1S/C17H12Cl3N5S/c1-9-14(20)13-15(22-7-10-2-3-11(18)12(19)6-10)23-17(24-16(13)26-9)25-5-4-21-8-25/h2-6,8H,7H2,1H3,(H,22,23,24). The number of benzene rings is 1. The number of thiophene rings is 1. The first kappa shape index (κ1) is 17.5. The monoisotopic (exact) mass is 423 g/mol. The average Bonchev–Trinajstić information content (AvgIpc) is 3.25. The van der Waals surface area contributed by atoms with Gasteiger partial charge in [0.2, 0.25) is 5.95 Å². The maximum absolute atomic E-state index is 6.48. The fraction of sp³-hybridized carbons (Fsp3) is 0.118. The second kappa shape index (κ2) is 7.04. The molecule has 0 unspecified atom stereocenters. The zero-order valence-corrected chi connectivity index (χ0v) is 16.6. The summed E-state index contributed by atoms with van der Waals surface area (Å²) >= 11 is 20.1. The summed E-state index contributed by atoms with van der Waals surface area (Å²) in [6.45, 7) is 2.49. The SMILES string of the molecule is Cc1sc2nc(-n3ccnc3)nc(NCc3ccc(Cl)c(Cl)c3)c2c1Cl. The second-order valence-corrected chi connectivity index (χ2v) is 7.99. The van der Waals surface area contributed by atoms with Gasteiger partial charge in [0.15, 0.2) is 0 Å². The van der Waals surface area contributed by atoms with Gasteiger partial charge in [-0.1, -0.05) is 40.9 Å². The van der Waals surface area contributed by atoms with E-state index in [0.717, 1.165) is 20.7 Å². The number of halogens is 3. The van der Waals surface area contributed by atoms with E-state index in [9.17, 15) is 0 Å². The van der Waals surface area contributed by atoms with Crippen molar-refractivity contribution < 1.29 is 0 Å². The van der Waals surface area contributed by atoms with Gasteiger partial charge in [-0.15, -0.1) is 11.3 Å². The van der Waals surface area contributed by atoms with E-state index in [0.29, 0.717) is 33.4 Å². The van der Waals surface area contributed by atoms with Crippen LogP contribution in [0.5, 0.6) is 0 Å². The Hall–Kier alpha value is -1.86. The summed E-state index contributed by atoms with van der Waals surface area (Å²) < 4.78 is 1.76. The third-order valence-electron chi connectivity index (χ3n) is 3.82. The Morgan fingerprint density at radius 3 is 2.73 bits per heavy atom. The molecule has 132 valence electrons. The molecule has 26 heavy (non-hydrogen) atoms. The molecule has 0 aliphatic heterocycles. The highest BCUT2D eigenvalue weighted by molar-refractivity contribution is 7.19. The van der Waals surface area contributed by atoms with Crippen molar-refractivity contribution in [2.75, 3.05) is 5.32 Å². The Kier molecular flexibility index (Phi) is 4.75. The van der Waals surface area contributed by atoms with Crippen LogP contribution < -0.4 is 5.32 Å². The fourth-order valence-electron chi connectivity index (χ4n) is 2.52. The Balaban J connectivity index is 1.75. The summed E-state index contributed by atoms with van der Waals surface area (Å²) in [5, 5.41) is 5.87. The van der Waals surface area contributed by atoms with Gasteiger partial charge in [-0.05, 0) is 24.6 Å². The number of aromatic nitrogens is 4. The highest BCUT2D eigenvalue weighted by Gasteiger charge is 2.16. The van der Waals surface area contributed by atoms with Gasteiger partial charge in [0.1, 0.15) is 17.0 Å². The van der Waals surface area contributed by atoms with Gasteiger partial charge in [-0.3, -0.25) is 4.57 Å². The number of hydrogen-bond donors (Lipinski definition) is 1. The van der Waals surface area contributed by atoms with Crippen LogP contribution in [0.4, 0.5) is 5.82 Å². The third kappa shape index (κ3) is 3.25. The van der Waals surface area contributed by atoms with Crippen molar-refractivity contribution in [1.29, 1.82) is 0 Å². The Morgan fingerprint density at radius 2 is 2.00 bits per heavy atom. The molecular weight excluding hydrogens is 413 g/mol. The Morgan fingerprint density at radius 1 is 1.15 bits per heavy atom. The summed E-state index contributed by atoms with van der Waals surface area (Å²) in [5.74, 6) is 1.20. The lowest BCUT2D eigenvalue weighted by atomic mass is 10.2. The molecule has 0 saturated carbocycles. The van der Waals surface area contributed by atoms with Gasteiger partial charge < -0.3 is 5.32 Å². The number of aryl methyl sites for hydroxylation is 1. The van der Waals surface area contributed by atoms with Crippen molar-refractivity contribution in [2.24, 2.45) is 0 Å². The van der Waals surface area contributed by atoms with E-state index in [4.69, 9.17) is 34.8 Å². The minimum absolute atomic E-state index is 0.516.